The summed E-state index contributed by atoms with van der Waals surface area (Å²) in [6.45, 7) is 0. The lowest BCUT2D eigenvalue weighted by Crippen LogP contribution is -2.21. The minimum Gasteiger partial charge on any atom is -0.478 e. The Labute approximate surface area is 113 Å². The van der Waals surface area contributed by atoms with Crippen molar-refractivity contribution in [1.29, 1.82) is 0 Å². The molecule has 20 heavy (non-hydrogen) atoms. The van der Waals surface area contributed by atoms with Gasteiger partial charge in [0, 0.05) is 31.1 Å². The minimum atomic E-state index is -1.20. The number of aromatic nitrogens is 2. The Balaban J connectivity index is 2.30. The van der Waals surface area contributed by atoms with Gasteiger partial charge in [-0.15, -0.1) is 0 Å². The molecule has 2 N–H and O–H groups in total. The van der Waals surface area contributed by atoms with E-state index in [4.69, 9.17) is 5.11 Å². The third kappa shape index (κ3) is 2.72. The highest BCUT2D eigenvalue weighted by Gasteiger charge is 2.14. The Kier molecular flexibility index (Phi) is 3.60. The summed E-state index contributed by atoms with van der Waals surface area (Å²) in [5.74, 6) is -1.85. The lowest BCUT2D eigenvalue weighted by atomic mass is 10.2. The number of hydrogen-bond acceptors (Lipinski definition) is 4. The van der Waals surface area contributed by atoms with Gasteiger partial charge < -0.3 is 15.0 Å². The van der Waals surface area contributed by atoms with E-state index in [1.165, 1.54) is 41.2 Å². The Bertz CT molecular complexity index is 736. The summed E-state index contributed by atoms with van der Waals surface area (Å²) >= 11 is 0. The average molecular weight is 273 g/mol. The number of rotatable bonds is 3. The molecular formula is C13H11N3O4. The van der Waals surface area contributed by atoms with Crippen molar-refractivity contribution in [3.05, 3.63) is 58.1 Å². The third-order valence-electron chi connectivity index (χ3n) is 2.64. The van der Waals surface area contributed by atoms with Crippen molar-refractivity contribution in [3.8, 4) is 0 Å². The molecule has 0 aliphatic carbocycles. The molecule has 0 aliphatic heterocycles. The Morgan fingerprint density at radius 1 is 1.35 bits per heavy atom. The molecule has 7 nitrogen and oxygen atoms in total. The second-order valence-electron chi connectivity index (χ2n) is 4.02. The molecule has 0 atom stereocenters. The van der Waals surface area contributed by atoms with E-state index >= 15 is 0 Å². The van der Waals surface area contributed by atoms with Crippen LogP contribution in [0.15, 0.2) is 41.5 Å². The van der Waals surface area contributed by atoms with E-state index in [-0.39, 0.29) is 22.5 Å². The van der Waals surface area contributed by atoms with Crippen molar-refractivity contribution in [2.24, 2.45) is 7.05 Å². The van der Waals surface area contributed by atoms with E-state index in [1.54, 1.807) is 7.05 Å². The predicted molar refractivity (Wildman–Crippen MR) is 70.8 cm³/mol. The average Bonchev–Trinajstić information content (AvgIpc) is 2.42. The molecule has 2 aromatic rings. The molecule has 0 unspecified atom stereocenters. The van der Waals surface area contributed by atoms with Crippen molar-refractivity contribution >= 4 is 17.7 Å². The van der Waals surface area contributed by atoms with Crippen LogP contribution >= 0.6 is 0 Å². The fraction of sp³-hybridized carbons (Fsp3) is 0.0769. The number of aromatic carboxylic acids is 1. The number of nitrogens with zero attached hydrogens (tertiary/aromatic N) is 2. The molecule has 2 heterocycles. The van der Waals surface area contributed by atoms with E-state index < -0.39 is 11.9 Å². The molecule has 0 spiro atoms. The monoisotopic (exact) mass is 273 g/mol. The van der Waals surface area contributed by atoms with Crippen molar-refractivity contribution < 1.29 is 14.7 Å². The highest BCUT2D eigenvalue weighted by atomic mass is 16.4. The van der Waals surface area contributed by atoms with E-state index in [1.807, 2.05) is 0 Å². The number of carboxylic acids is 1. The summed E-state index contributed by atoms with van der Waals surface area (Å²) in [7, 11) is 1.56. The minimum absolute atomic E-state index is 0.0642. The standard InChI is InChI=1S/C13H11N3O4/c1-16-6-4-8(7-10(16)17)12(18)15-11-9(13(19)20)3-2-5-14-11/h2-7H,1H3,(H,19,20)(H,14,15,18). The van der Waals surface area contributed by atoms with Crippen molar-refractivity contribution in [2.45, 2.75) is 0 Å². The summed E-state index contributed by atoms with van der Waals surface area (Å²) in [5, 5.41) is 11.4. The van der Waals surface area contributed by atoms with Gasteiger partial charge in [-0.3, -0.25) is 9.59 Å². The lowest BCUT2D eigenvalue weighted by Gasteiger charge is -2.07. The first kappa shape index (κ1) is 13.5. The number of pyridine rings is 2. The van der Waals surface area contributed by atoms with Crippen molar-refractivity contribution in [3.63, 3.8) is 0 Å². The Morgan fingerprint density at radius 2 is 2.10 bits per heavy atom. The largest absolute Gasteiger partial charge is 0.478 e. The number of hydrogen-bond donors (Lipinski definition) is 2. The molecule has 2 rings (SSSR count). The molecule has 0 saturated heterocycles. The first-order valence-corrected chi connectivity index (χ1v) is 5.65. The van der Waals surface area contributed by atoms with Crippen LogP contribution in [0, 0.1) is 0 Å². The van der Waals surface area contributed by atoms with Crippen LogP contribution in [0.3, 0.4) is 0 Å². The van der Waals surface area contributed by atoms with Crippen LogP contribution < -0.4 is 10.9 Å². The fourth-order valence-corrected chi connectivity index (χ4v) is 1.55. The first-order valence-electron chi connectivity index (χ1n) is 5.65. The molecule has 0 bridgehead atoms. The van der Waals surface area contributed by atoms with Gasteiger partial charge in [-0.2, -0.15) is 0 Å². The molecule has 0 saturated carbocycles. The van der Waals surface area contributed by atoms with Crippen LogP contribution in [0.1, 0.15) is 20.7 Å². The summed E-state index contributed by atoms with van der Waals surface area (Å²) < 4.78 is 1.32. The van der Waals surface area contributed by atoms with E-state index in [9.17, 15) is 14.4 Å². The molecule has 0 radical (unpaired) electrons. The summed E-state index contributed by atoms with van der Waals surface area (Å²) in [5.41, 5.74) is -0.322. The number of amides is 1. The van der Waals surface area contributed by atoms with E-state index in [0.717, 1.165) is 0 Å². The zero-order valence-corrected chi connectivity index (χ0v) is 10.5. The maximum atomic E-state index is 12.0. The van der Waals surface area contributed by atoms with Gasteiger partial charge in [-0.1, -0.05) is 0 Å². The number of carbonyl (C=O) groups is 2. The van der Waals surface area contributed by atoms with E-state index in [2.05, 4.69) is 10.3 Å². The normalized spacial score (nSPS) is 10.1. The lowest BCUT2D eigenvalue weighted by molar-refractivity contribution is 0.0697. The molecule has 7 heteroatoms. The molecule has 102 valence electrons. The van der Waals surface area contributed by atoms with Gasteiger partial charge in [0.25, 0.3) is 11.5 Å². The van der Waals surface area contributed by atoms with E-state index in [0.29, 0.717) is 0 Å². The highest BCUT2D eigenvalue weighted by Crippen LogP contribution is 2.12. The van der Waals surface area contributed by atoms with Gasteiger partial charge >= 0.3 is 5.97 Å². The quantitative estimate of drug-likeness (QED) is 0.858. The molecule has 2 aromatic heterocycles. The van der Waals surface area contributed by atoms with Crippen LogP contribution in [0.5, 0.6) is 0 Å². The Hall–Kier alpha value is -2.96. The molecule has 1 amide bonds. The first-order chi connectivity index (χ1) is 9.49. The summed E-state index contributed by atoms with van der Waals surface area (Å²) in [6, 6.07) is 5.41. The molecule has 0 aliphatic rings. The fourth-order valence-electron chi connectivity index (χ4n) is 1.55. The summed E-state index contributed by atoms with van der Waals surface area (Å²) in [6.07, 6.45) is 2.82. The molecule has 0 aromatic carbocycles. The number of carbonyl (C=O) groups excluding carboxylic acids is 1. The maximum absolute atomic E-state index is 12.0. The zero-order chi connectivity index (χ0) is 14.7. The molecule has 0 fully saturated rings. The zero-order valence-electron chi connectivity index (χ0n) is 10.5. The predicted octanol–water partition coefficient (Wildman–Crippen LogP) is 0.731. The second-order valence-corrected chi connectivity index (χ2v) is 4.02. The number of aryl methyl sites for hydroxylation is 1. The molecular weight excluding hydrogens is 262 g/mol. The topological polar surface area (TPSA) is 101 Å². The summed E-state index contributed by atoms with van der Waals surface area (Å²) in [4.78, 5) is 38.2. The Morgan fingerprint density at radius 3 is 2.75 bits per heavy atom. The number of carboxylic acid groups (broad SMARTS) is 1. The third-order valence-corrected chi connectivity index (χ3v) is 2.64. The number of anilines is 1. The van der Waals surface area contributed by atoms with Gasteiger partial charge in [-0.05, 0) is 18.2 Å². The highest BCUT2D eigenvalue weighted by molar-refractivity contribution is 6.06. The van der Waals surface area contributed by atoms with Crippen molar-refractivity contribution in [2.75, 3.05) is 5.32 Å². The number of nitrogens with one attached hydrogen (secondary N) is 1. The van der Waals surface area contributed by atoms with Crippen LogP contribution in [0.25, 0.3) is 0 Å². The van der Waals surface area contributed by atoms with Gasteiger partial charge in [0.1, 0.15) is 11.4 Å². The van der Waals surface area contributed by atoms with Gasteiger partial charge in [0.2, 0.25) is 0 Å². The van der Waals surface area contributed by atoms with Gasteiger partial charge in [-0.25, -0.2) is 9.78 Å². The van der Waals surface area contributed by atoms with Crippen LogP contribution in [-0.2, 0) is 7.05 Å². The maximum Gasteiger partial charge on any atom is 0.339 e. The second kappa shape index (κ2) is 5.35. The van der Waals surface area contributed by atoms with Gasteiger partial charge in [0.15, 0.2) is 0 Å². The van der Waals surface area contributed by atoms with Crippen LogP contribution in [-0.4, -0.2) is 26.5 Å². The smallest absolute Gasteiger partial charge is 0.339 e. The van der Waals surface area contributed by atoms with Crippen molar-refractivity contribution in [1.82, 2.24) is 9.55 Å². The van der Waals surface area contributed by atoms with Gasteiger partial charge in [0.05, 0.1) is 0 Å². The van der Waals surface area contributed by atoms with Crippen LogP contribution in [0.4, 0.5) is 5.82 Å². The SMILES string of the molecule is Cn1ccc(C(=O)Nc2ncccc2C(=O)O)cc1=O. The van der Waals surface area contributed by atoms with Crippen LogP contribution in [0.2, 0.25) is 0 Å².